The van der Waals surface area contributed by atoms with E-state index in [2.05, 4.69) is 21.4 Å². The molecule has 0 aliphatic heterocycles. The Balaban J connectivity index is 1.44. The number of carbonyl (C=O) groups is 1. The zero-order valence-corrected chi connectivity index (χ0v) is 17.2. The van der Waals surface area contributed by atoms with Crippen LogP contribution in [0.4, 0.5) is 11.6 Å². The van der Waals surface area contributed by atoms with E-state index in [1.807, 2.05) is 4.57 Å². The second kappa shape index (κ2) is 8.09. The summed E-state index contributed by atoms with van der Waals surface area (Å²) in [6, 6.07) is 15.6. The van der Waals surface area contributed by atoms with E-state index in [0.717, 1.165) is 18.5 Å². The van der Waals surface area contributed by atoms with Gasteiger partial charge >= 0.3 is 5.97 Å². The van der Waals surface area contributed by atoms with Gasteiger partial charge in [-0.25, -0.2) is 9.78 Å². The van der Waals surface area contributed by atoms with Gasteiger partial charge in [0.05, 0.1) is 17.1 Å². The summed E-state index contributed by atoms with van der Waals surface area (Å²) in [5, 5.41) is 21.7. The van der Waals surface area contributed by atoms with E-state index in [1.54, 1.807) is 54.7 Å². The van der Waals surface area contributed by atoms with Crippen LogP contribution in [-0.2, 0) is 0 Å². The monoisotopic (exact) mass is 439 g/mol. The molecule has 4 aromatic rings. The largest absolute Gasteiger partial charge is 0.477 e. The number of aromatic nitrogens is 3. The molecule has 0 saturated heterocycles. The number of nitrogens with one attached hydrogen (secondary N) is 1. The lowest BCUT2D eigenvalue weighted by Crippen LogP contribution is -2.18. The van der Waals surface area contributed by atoms with Crippen molar-refractivity contribution in [2.24, 2.45) is 0 Å². The molecule has 2 aromatic carbocycles. The molecule has 1 saturated carbocycles. The molecule has 9 nitrogen and oxygen atoms in total. The average Bonchev–Trinajstić information content (AvgIpc) is 3.65. The van der Waals surface area contributed by atoms with Gasteiger partial charge in [-0.3, -0.25) is 4.79 Å². The number of hydrogen-bond donors (Lipinski definition) is 2. The van der Waals surface area contributed by atoms with Crippen molar-refractivity contribution in [2.45, 2.75) is 18.9 Å². The Morgan fingerprint density at radius 3 is 2.67 bits per heavy atom. The number of pyridine rings is 1. The lowest BCUT2D eigenvalue weighted by Gasteiger charge is -2.13. The first-order chi connectivity index (χ1) is 16.0. The Labute approximate surface area is 187 Å². The number of nitriles is 1. The van der Waals surface area contributed by atoms with Crippen LogP contribution in [0.3, 0.4) is 0 Å². The SMILES string of the molecule is N#Cc1ccc(Nc2nccc(Oc3ccc4c(=O)c(C(=O)O)cn(C5CC5)c4c3)n2)cc1. The van der Waals surface area contributed by atoms with E-state index < -0.39 is 11.4 Å². The van der Waals surface area contributed by atoms with E-state index >= 15 is 0 Å². The molecule has 33 heavy (non-hydrogen) atoms. The molecule has 1 aliphatic carbocycles. The van der Waals surface area contributed by atoms with Gasteiger partial charge in [-0.1, -0.05) is 0 Å². The van der Waals surface area contributed by atoms with Crippen molar-refractivity contribution < 1.29 is 14.6 Å². The van der Waals surface area contributed by atoms with Gasteiger partial charge in [0, 0.05) is 41.6 Å². The fourth-order valence-corrected chi connectivity index (χ4v) is 3.54. The lowest BCUT2D eigenvalue weighted by molar-refractivity contribution is 0.0695. The smallest absolute Gasteiger partial charge is 0.341 e. The molecule has 2 N–H and O–H groups in total. The Morgan fingerprint density at radius 1 is 1.18 bits per heavy atom. The third kappa shape index (κ3) is 4.09. The van der Waals surface area contributed by atoms with Crippen LogP contribution < -0.4 is 15.5 Å². The minimum atomic E-state index is -1.24. The van der Waals surface area contributed by atoms with Gasteiger partial charge < -0.3 is 19.7 Å². The van der Waals surface area contributed by atoms with Gasteiger partial charge in [0.15, 0.2) is 0 Å². The number of fused-ring (bicyclic) bond motifs is 1. The van der Waals surface area contributed by atoms with E-state index in [4.69, 9.17) is 10.00 Å². The second-order valence-corrected chi connectivity index (χ2v) is 7.63. The Morgan fingerprint density at radius 2 is 1.97 bits per heavy atom. The predicted octanol–water partition coefficient (Wildman–Crippen LogP) is 4.23. The van der Waals surface area contributed by atoms with Gasteiger partial charge in [-0.15, -0.1) is 0 Å². The highest BCUT2D eigenvalue weighted by Gasteiger charge is 2.27. The predicted molar refractivity (Wildman–Crippen MR) is 120 cm³/mol. The Hall–Kier alpha value is -4.71. The minimum Gasteiger partial charge on any atom is -0.477 e. The third-order valence-corrected chi connectivity index (χ3v) is 5.30. The van der Waals surface area contributed by atoms with Gasteiger partial charge in [0.1, 0.15) is 11.3 Å². The summed E-state index contributed by atoms with van der Waals surface area (Å²) < 4.78 is 7.75. The molecule has 2 aromatic heterocycles. The molecule has 162 valence electrons. The van der Waals surface area contributed by atoms with Crippen molar-refractivity contribution in [3.8, 4) is 17.7 Å². The van der Waals surface area contributed by atoms with E-state index in [1.165, 1.54) is 6.20 Å². The maximum absolute atomic E-state index is 12.6. The van der Waals surface area contributed by atoms with Crippen LogP contribution in [0.1, 0.15) is 34.8 Å². The van der Waals surface area contributed by atoms with Crippen LogP contribution in [-0.4, -0.2) is 25.6 Å². The maximum atomic E-state index is 12.6. The van der Waals surface area contributed by atoms with Crippen LogP contribution in [0.2, 0.25) is 0 Å². The van der Waals surface area contributed by atoms with Crippen LogP contribution in [0.15, 0.2) is 65.7 Å². The minimum absolute atomic E-state index is 0.170. The van der Waals surface area contributed by atoms with E-state index in [-0.39, 0.29) is 11.6 Å². The zero-order valence-electron chi connectivity index (χ0n) is 17.2. The highest BCUT2D eigenvalue weighted by atomic mass is 16.5. The van der Waals surface area contributed by atoms with Crippen LogP contribution in [0.25, 0.3) is 10.9 Å². The fourth-order valence-electron chi connectivity index (χ4n) is 3.54. The number of anilines is 2. The Bertz CT molecular complexity index is 1480. The maximum Gasteiger partial charge on any atom is 0.341 e. The van der Waals surface area contributed by atoms with E-state index in [9.17, 15) is 14.7 Å². The first kappa shape index (κ1) is 20.2. The number of carboxylic acids is 1. The molecule has 0 bridgehead atoms. The normalized spacial score (nSPS) is 12.8. The van der Waals surface area contributed by atoms with Gasteiger partial charge in [0.25, 0.3) is 0 Å². The number of benzene rings is 2. The fraction of sp³-hybridized carbons (Fsp3) is 0.125. The summed E-state index contributed by atoms with van der Waals surface area (Å²) in [6.07, 6.45) is 4.82. The van der Waals surface area contributed by atoms with Crippen LogP contribution >= 0.6 is 0 Å². The molecule has 9 heteroatoms. The number of rotatable bonds is 6. The number of aromatic carboxylic acids is 1. The second-order valence-electron chi connectivity index (χ2n) is 7.63. The summed E-state index contributed by atoms with van der Waals surface area (Å²) in [4.78, 5) is 32.6. The van der Waals surface area contributed by atoms with Gasteiger partial charge in [-0.2, -0.15) is 10.2 Å². The van der Waals surface area contributed by atoms with Crippen molar-refractivity contribution in [2.75, 3.05) is 5.32 Å². The van der Waals surface area contributed by atoms with Crippen LogP contribution in [0, 0.1) is 11.3 Å². The molecule has 0 atom stereocenters. The molecular formula is C24H17N5O4. The summed E-state index contributed by atoms with van der Waals surface area (Å²) in [6.45, 7) is 0. The molecule has 1 aliphatic rings. The van der Waals surface area contributed by atoms with Crippen molar-refractivity contribution >= 4 is 28.5 Å². The third-order valence-electron chi connectivity index (χ3n) is 5.30. The number of ether oxygens (including phenoxy) is 1. The quantitative estimate of drug-likeness (QED) is 0.456. The highest BCUT2D eigenvalue weighted by Crippen LogP contribution is 2.37. The first-order valence-corrected chi connectivity index (χ1v) is 10.2. The molecular weight excluding hydrogens is 422 g/mol. The number of nitrogens with zero attached hydrogens (tertiary/aromatic N) is 4. The lowest BCUT2D eigenvalue weighted by atomic mass is 10.1. The highest BCUT2D eigenvalue weighted by molar-refractivity contribution is 5.93. The average molecular weight is 439 g/mol. The summed E-state index contributed by atoms with van der Waals surface area (Å²) in [5.74, 6) is -0.163. The number of carboxylic acid groups (broad SMARTS) is 1. The molecule has 1 fully saturated rings. The molecule has 0 unspecified atom stereocenters. The van der Waals surface area contributed by atoms with Crippen molar-refractivity contribution in [3.63, 3.8) is 0 Å². The topological polar surface area (TPSA) is 130 Å². The van der Waals surface area contributed by atoms with Gasteiger partial charge in [0.2, 0.25) is 17.3 Å². The van der Waals surface area contributed by atoms with Gasteiger partial charge in [-0.05, 0) is 49.2 Å². The Kier molecular flexibility index (Phi) is 4.95. The molecule has 2 heterocycles. The standard InChI is InChI=1S/C24H17N5O4/c25-12-14-1-3-15(4-2-14)27-24-26-10-9-21(28-24)33-17-7-8-18-20(11-17)29(16-5-6-16)13-19(22(18)30)23(31)32/h1-4,7-11,13,16H,5-6H2,(H,31,32)(H,26,27,28). The summed E-state index contributed by atoms with van der Waals surface area (Å²) in [7, 11) is 0. The first-order valence-electron chi connectivity index (χ1n) is 10.2. The molecule has 0 amide bonds. The molecule has 0 radical (unpaired) electrons. The summed E-state index contributed by atoms with van der Waals surface area (Å²) in [5.41, 5.74) is 1.14. The van der Waals surface area contributed by atoms with Crippen molar-refractivity contribution in [1.29, 1.82) is 5.26 Å². The number of hydrogen-bond acceptors (Lipinski definition) is 7. The molecule has 0 spiro atoms. The molecule has 5 rings (SSSR count). The van der Waals surface area contributed by atoms with Crippen molar-refractivity contribution in [3.05, 3.63) is 82.3 Å². The zero-order chi connectivity index (χ0) is 22.9. The van der Waals surface area contributed by atoms with E-state index in [0.29, 0.717) is 34.0 Å². The summed E-state index contributed by atoms with van der Waals surface area (Å²) >= 11 is 0. The van der Waals surface area contributed by atoms with Crippen molar-refractivity contribution in [1.82, 2.24) is 14.5 Å². The van der Waals surface area contributed by atoms with Crippen LogP contribution in [0.5, 0.6) is 11.6 Å².